The van der Waals surface area contributed by atoms with Gasteiger partial charge in [0.15, 0.2) is 0 Å². The van der Waals surface area contributed by atoms with Crippen molar-refractivity contribution in [2.45, 2.75) is 44.6 Å². The fourth-order valence-corrected chi connectivity index (χ4v) is 2.58. The molecule has 0 aromatic carbocycles. The average molecular weight is 184 g/mol. The van der Waals surface area contributed by atoms with E-state index in [1.54, 1.807) is 0 Å². The van der Waals surface area contributed by atoms with Gasteiger partial charge in [0.2, 0.25) is 0 Å². The van der Waals surface area contributed by atoms with Crippen molar-refractivity contribution < 1.29 is 0 Å². The molecule has 1 aliphatic rings. The maximum absolute atomic E-state index is 5.91. The fraction of sp³-hybridized carbons (Fsp3) is 1.00. The van der Waals surface area contributed by atoms with E-state index in [1.807, 2.05) is 0 Å². The Bertz CT molecular complexity index is 156. The zero-order valence-corrected chi connectivity index (χ0v) is 9.34. The van der Waals surface area contributed by atoms with Crippen LogP contribution in [0.5, 0.6) is 0 Å². The van der Waals surface area contributed by atoms with Crippen molar-refractivity contribution in [3.8, 4) is 0 Å². The van der Waals surface area contributed by atoms with Crippen molar-refractivity contribution in [3.05, 3.63) is 0 Å². The van der Waals surface area contributed by atoms with E-state index in [1.165, 1.54) is 32.1 Å². The van der Waals surface area contributed by atoms with Crippen molar-refractivity contribution >= 4 is 0 Å². The van der Waals surface area contributed by atoms with E-state index in [9.17, 15) is 0 Å². The van der Waals surface area contributed by atoms with Crippen LogP contribution in [0.1, 0.15) is 39.0 Å². The molecule has 2 nitrogen and oxygen atoms in total. The van der Waals surface area contributed by atoms with E-state index < -0.39 is 0 Å². The molecular weight excluding hydrogens is 160 g/mol. The average Bonchev–Trinajstić information content (AvgIpc) is 2.17. The van der Waals surface area contributed by atoms with Gasteiger partial charge in [-0.25, -0.2) is 0 Å². The standard InChI is InChI=1S/C11H24N2/c1-4-10-6-5-7-11(8-10,9-12)13(2)3/h10H,4-9,12H2,1-3H3. The maximum atomic E-state index is 5.91. The van der Waals surface area contributed by atoms with Gasteiger partial charge in [-0.15, -0.1) is 0 Å². The molecule has 0 aromatic heterocycles. The summed E-state index contributed by atoms with van der Waals surface area (Å²) in [5, 5.41) is 0. The second-order valence-corrected chi connectivity index (χ2v) is 4.69. The minimum absolute atomic E-state index is 0.304. The highest BCUT2D eigenvalue weighted by Gasteiger charge is 2.36. The Morgan fingerprint density at radius 2 is 2.15 bits per heavy atom. The first kappa shape index (κ1) is 11.0. The maximum Gasteiger partial charge on any atom is 0.0328 e. The molecule has 2 heteroatoms. The fourth-order valence-electron chi connectivity index (χ4n) is 2.58. The molecule has 1 saturated carbocycles. The van der Waals surface area contributed by atoms with E-state index in [4.69, 9.17) is 5.73 Å². The summed E-state index contributed by atoms with van der Waals surface area (Å²) in [5.74, 6) is 0.902. The monoisotopic (exact) mass is 184 g/mol. The summed E-state index contributed by atoms with van der Waals surface area (Å²) in [6.07, 6.45) is 6.66. The Kier molecular flexibility index (Phi) is 3.74. The minimum atomic E-state index is 0.304. The molecule has 0 saturated heterocycles. The van der Waals surface area contributed by atoms with Crippen LogP contribution in [0.25, 0.3) is 0 Å². The zero-order chi connectivity index (χ0) is 9.90. The van der Waals surface area contributed by atoms with Crippen LogP contribution in [0.4, 0.5) is 0 Å². The Hall–Kier alpha value is -0.0800. The highest BCUT2D eigenvalue weighted by molar-refractivity contribution is 4.94. The number of rotatable bonds is 3. The number of nitrogens with zero attached hydrogens (tertiary/aromatic N) is 1. The van der Waals surface area contributed by atoms with Crippen molar-refractivity contribution in [1.29, 1.82) is 0 Å². The molecule has 2 unspecified atom stereocenters. The summed E-state index contributed by atoms with van der Waals surface area (Å²) >= 11 is 0. The van der Waals surface area contributed by atoms with Gasteiger partial charge in [0.1, 0.15) is 0 Å². The molecular formula is C11H24N2. The zero-order valence-electron chi connectivity index (χ0n) is 9.34. The van der Waals surface area contributed by atoms with Crippen LogP contribution in [-0.2, 0) is 0 Å². The largest absolute Gasteiger partial charge is 0.329 e. The first-order valence-electron chi connectivity index (χ1n) is 5.52. The smallest absolute Gasteiger partial charge is 0.0328 e. The van der Waals surface area contributed by atoms with Crippen LogP contribution in [0.15, 0.2) is 0 Å². The third-order valence-electron chi connectivity index (χ3n) is 3.83. The SMILES string of the molecule is CCC1CCCC(CN)(N(C)C)C1. The van der Waals surface area contributed by atoms with Crippen LogP contribution in [0, 0.1) is 5.92 Å². The first-order chi connectivity index (χ1) is 6.14. The third kappa shape index (κ3) is 2.23. The molecule has 78 valence electrons. The van der Waals surface area contributed by atoms with Gasteiger partial charge in [0.05, 0.1) is 0 Å². The van der Waals surface area contributed by atoms with Crippen molar-refractivity contribution in [3.63, 3.8) is 0 Å². The molecule has 13 heavy (non-hydrogen) atoms. The van der Waals surface area contributed by atoms with E-state index >= 15 is 0 Å². The summed E-state index contributed by atoms with van der Waals surface area (Å²) in [6, 6.07) is 0. The quantitative estimate of drug-likeness (QED) is 0.725. The third-order valence-corrected chi connectivity index (χ3v) is 3.83. The summed E-state index contributed by atoms with van der Waals surface area (Å²) in [5.41, 5.74) is 6.22. The molecule has 2 N–H and O–H groups in total. The molecule has 0 spiro atoms. The second-order valence-electron chi connectivity index (χ2n) is 4.69. The molecule has 0 aliphatic heterocycles. The Balaban J connectivity index is 2.64. The van der Waals surface area contributed by atoms with Crippen LogP contribution in [-0.4, -0.2) is 31.1 Å². The summed E-state index contributed by atoms with van der Waals surface area (Å²) in [6.45, 7) is 3.11. The second kappa shape index (κ2) is 4.43. The molecule has 0 amide bonds. The van der Waals surface area contributed by atoms with Gasteiger partial charge in [0.25, 0.3) is 0 Å². The van der Waals surface area contributed by atoms with Crippen LogP contribution in [0.3, 0.4) is 0 Å². The van der Waals surface area contributed by atoms with Crippen LogP contribution >= 0.6 is 0 Å². The van der Waals surface area contributed by atoms with Gasteiger partial charge in [-0.2, -0.15) is 0 Å². The van der Waals surface area contributed by atoms with E-state index in [-0.39, 0.29) is 0 Å². The molecule has 0 radical (unpaired) electrons. The lowest BCUT2D eigenvalue weighted by Gasteiger charge is -2.45. The lowest BCUT2D eigenvalue weighted by Crippen LogP contribution is -2.53. The Labute approximate surface area is 82.5 Å². The van der Waals surface area contributed by atoms with Crippen molar-refractivity contribution in [2.24, 2.45) is 11.7 Å². The molecule has 1 aliphatic carbocycles. The summed E-state index contributed by atoms with van der Waals surface area (Å²) in [4.78, 5) is 2.34. The van der Waals surface area contributed by atoms with E-state index in [0.717, 1.165) is 12.5 Å². The van der Waals surface area contributed by atoms with E-state index in [0.29, 0.717) is 5.54 Å². The summed E-state index contributed by atoms with van der Waals surface area (Å²) < 4.78 is 0. The lowest BCUT2D eigenvalue weighted by atomic mass is 9.74. The Morgan fingerprint density at radius 1 is 1.46 bits per heavy atom. The highest BCUT2D eigenvalue weighted by Crippen LogP contribution is 2.36. The van der Waals surface area contributed by atoms with Crippen LogP contribution < -0.4 is 5.73 Å². The van der Waals surface area contributed by atoms with E-state index in [2.05, 4.69) is 25.9 Å². The topological polar surface area (TPSA) is 29.3 Å². The molecule has 0 aromatic rings. The predicted molar refractivity (Wildman–Crippen MR) is 57.7 cm³/mol. The lowest BCUT2D eigenvalue weighted by molar-refractivity contribution is 0.0778. The number of nitrogens with two attached hydrogens (primary N) is 1. The highest BCUT2D eigenvalue weighted by atomic mass is 15.2. The first-order valence-corrected chi connectivity index (χ1v) is 5.52. The molecule has 0 bridgehead atoms. The molecule has 2 atom stereocenters. The minimum Gasteiger partial charge on any atom is -0.329 e. The normalized spacial score (nSPS) is 35.3. The molecule has 0 heterocycles. The predicted octanol–water partition coefficient (Wildman–Crippen LogP) is 1.85. The van der Waals surface area contributed by atoms with Gasteiger partial charge in [0, 0.05) is 12.1 Å². The Morgan fingerprint density at radius 3 is 2.62 bits per heavy atom. The number of hydrogen-bond acceptors (Lipinski definition) is 2. The van der Waals surface area contributed by atoms with Crippen LogP contribution in [0.2, 0.25) is 0 Å². The van der Waals surface area contributed by atoms with Gasteiger partial charge < -0.3 is 10.6 Å². The molecule has 1 fully saturated rings. The van der Waals surface area contributed by atoms with Gasteiger partial charge >= 0.3 is 0 Å². The number of hydrogen-bond donors (Lipinski definition) is 1. The van der Waals surface area contributed by atoms with Gasteiger partial charge in [-0.1, -0.05) is 26.2 Å². The van der Waals surface area contributed by atoms with Gasteiger partial charge in [-0.3, -0.25) is 0 Å². The number of likely N-dealkylation sites (N-methyl/N-ethyl adjacent to an activating group) is 1. The summed E-state index contributed by atoms with van der Waals surface area (Å²) in [7, 11) is 4.34. The van der Waals surface area contributed by atoms with Gasteiger partial charge in [-0.05, 0) is 32.9 Å². The van der Waals surface area contributed by atoms with Crippen molar-refractivity contribution in [1.82, 2.24) is 4.90 Å². The van der Waals surface area contributed by atoms with Crippen molar-refractivity contribution in [2.75, 3.05) is 20.6 Å². The molecule has 1 rings (SSSR count).